The van der Waals surface area contributed by atoms with Gasteiger partial charge >= 0.3 is 0 Å². The van der Waals surface area contributed by atoms with Crippen molar-refractivity contribution in [3.63, 3.8) is 0 Å². The highest BCUT2D eigenvalue weighted by Crippen LogP contribution is 2.25. The standard InChI is InChI=1S/C23H27N5O.ClH/c1-17-22(25-26-28(17)20-12-14-24-15-13-20)23(29)27(2)16-19-10-6-7-11-21(19)18-8-4-3-5-9-18;/h3-11,20,24H,12-16H2,1-2H3;1H. The van der Waals surface area contributed by atoms with Crippen molar-refractivity contribution in [3.05, 3.63) is 71.5 Å². The van der Waals surface area contributed by atoms with Crippen LogP contribution < -0.4 is 5.32 Å². The summed E-state index contributed by atoms with van der Waals surface area (Å²) in [6, 6.07) is 18.8. The van der Waals surface area contributed by atoms with Crippen LogP contribution >= 0.6 is 12.4 Å². The summed E-state index contributed by atoms with van der Waals surface area (Å²) < 4.78 is 1.93. The van der Waals surface area contributed by atoms with Gasteiger partial charge in [0, 0.05) is 13.6 Å². The molecule has 7 heteroatoms. The van der Waals surface area contributed by atoms with Gasteiger partial charge in [0.25, 0.3) is 5.91 Å². The molecule has 1 aromatic heterocycles. The zero-order valence-corrected chi connectivity index (χ0v) is 18.2. The van der Waals surface area contributed by atoms with E-state index in [1.807, 2.05) is 49.0 Å². The van der Waals surface area contributed by atoms with E-state index < -0.39 is 0 Å². The summed E-state index contributed by atoms with van der Waals surface area (Å²) in [4.78, 5) is 14.8. The molecule has 0 saturated carbocycles. The molecular weight excluding hydrogens is 398 g/mol. The Kier molecular flexibility index (Phi) is 7.24. The van der Waals surface area contributed by atoms with E-state index in [4.69, 9.17) is 0 Å². The second-order valence-corrected chi connectivity index (χ2v) is 7.63. The number of benzene rings is 2. The highest BCUT2D eigenvalue weighted by molar-refractivity contribution is 5.93. The second-order valence-electron chi connectivity index (χ2n) is 7.63. The highest BCUT2D eigenvalue weighted by Gasteiger charge is 2.25. The SMILES string of the molecule is Cc1c(C(=O)N(C)Cc2ccccc2-c2ccccc2)nnn1C1CCNCC1.Cl. The minimum atomic E-state index is -0.0921. The van der Waals surface area contributed by atoms with Crippen molar-refractivity contribution in [1.82, 2.24) is 25.2 Å². The van der Waals surface area contributed by atoms with Crippen molar-refractivity contribution in [2.24, 2.45) is 0 Å². The number of halogens is 1. The molecule has 1 saturated heterocycles. The first-order valence-electron chi connectivity index (χ1n) is 10.2. The Morgan fingerprint density at radius 1 is 1.10 bits per heavy atom. The third-order valence-electron chi connectivity index (χ3n) is 5.64. The van der Waals surface area contributed by atoms with Crippen molar-refractivity contribution in [1.29, 1.82) is 0 Å². The molecule has 158 valence electrons. The molecule has 1 aliphatic rings. The zero-order chi connectivity index (χ0) is 20.2. The van der Waals surface area contributed by atoms with E-state index in [-0.39, 0.29) is 18.3 Å². The fourth-order valence-corrected chi connectivity index (χ4v) is 4.00. The van der Waals surface area contributed by atoms with Crippen molar-refractivity contribution in [2.75, 3.05) is 20.1 Å². The zero-order valence-electron chi connectivity index (χ0n) is 17.4. The Balaban J connectivity index is 0.00000256. The van der Waals surface area contributed by atoms with Gasteiger partial charge in [-0.3, -0.25) is 4.79 Å². The lowest BCUT2D eigenvalue weighted by Gasteiger charge is -2.23. The van der Waals surface area contributed by atoms with Crippen molar-refractivity contribution in [2.45, 2.75) is 32.4 Å². The minimum absolute atomic E-state index is 0. The summed E-state index contributed by atoms with van der Waals surface area (Å²) in [5, 5.41) is 11.9. The van der Waals surface area contributed by atoms with Crippen LogP contribution in [0.3, 0.4) is 0 Å². The molecule has 6 nitrogen and oxygen atoms in total. The van der Waals surface area contributed by atoms with Crippen molar-refractivity contribution >= 4 is 18.3 Å². The van der Waals surface area contributed by atoms with Crippen LogP contribution in [-0.4, -0.2) is 45.9 Å². The number of nitrogens with zero attached hydrogens (tertiary/aromatic N) is 4. The van der Waals surface area contributed by atoms with Gasteiger partial charge in [0.15, 0.2) is 5.69 Å². The van der Waals surface area contributed by atoms with Crippen LogP contribution in [0.15, 0.2) is 54.6 Å². The molecule has 1 fully saturated rings. The third kappa shape index (κ3) is 4.55. The third-order valence-corrected chi connectivity index (χ3v) is 5.64. The normalized spacial score (nSPS) is 14.2. The molecule has 0 bridgehead atoms. The fourth-order valence-electron chi connectivity index (χ4n) is 4.00. The second kappa shape index (κ2) is 9.87. The van der Waals surface area contributed by atoms with Crippen LogP contribution in [0.5, 0.6) is 0 Å². The van der Waals surface area contributed by atoms with Gasteiger partial charge in [0.2, 0.25) is 0 Å². The maximum Gasteiger partial charge on any atom is 0.276 e. The number of hydrogen-bond acceptors (Lipinski definition) is 4. The Labute approximate surface area is 183 Å². The lowest BCUT2D eigenvalue weighted by molar-refractivity contribution is 0.0778. The molecule has 30 heavy (non-hydrogen) atoms. The molecule has 1 N–H and O–H groups in total. The number of carbonyl (C=O) groups excluding carboxylic acids is 1. The topological polar surface area (TPSA) is 63.1 Å². The molecular formula is C23H28ClN5O. The van der Waals surface area contributed by atoms with Gasteiger partial charge in [-0.25, -0.2) is 4.68 Å². The predicted octanol–water partition coefficient (Wildman–Crippen LogP) is 3.87. The van der Waals surface area contributed by atoms with Crippen LogP contribution in [0, 0.1) is 6.92 Å². The summed E-state index contributed by atoms with van der Waals surface area (Å²) in [6.07, 6.45) is 2.02. The Bertz CT molecular complexity index is 982. The quantitative estimate of drug-likeness (QED) is 0.674. The Morgan fingerprint density at radius 3 is 2.50 bits per heavy atom. The first-order valence-corrected chi connectivity index (χ1v) is 10.2. The fraction of sp³-hybridized carbons (Fsp3) is 0.348. The first-order chi connectivity index (χ1) is 14.1. The van der Waals surface area contributed by atoms with E-state index in [0.29, 0.717) is 18.3 Å². The summed E-state index contributed by atoms with van der Waals surface area (Å²) >= 11 is 0. The number of amides is 1. The predicted molar refractivity (Wildman–Crippen MR) is 121 cm³/mol. The van der Waals surface area contributed by atoms with Gasteiger partial charge in [-0.1, -0.05) is 59.8 Å². The summed E-state index contributed by atoms with van der Waals surface area (Å²) in [7, 11) is 1.83. The van der Waals surface area contributed by atoms with Gasteiger partial charge in [-0.15, -0.1) is 17.5 Å². The maximum atomic E-state index is 13.1. The molecule has 0 atom stereocenters. The van der Waals surface area contributed by atoms with Crippen LogP contribution in [0.2, 0.25) is 0 Å². The largest absolute Gasteiger partial charge is 0.336 e. The number of rotatable bonds is 5. The highest BCUT2D eigenvalue weighted by atomic mass is 35.5. The first kappa shape index (κ1) is 22.0. The van der Waals surface area contributed by atoms with Crippen LogP contribution in [-0.2, 0) is 6.54 Å². The molecule has 0 aliphatic carbocycles. The minimum Gasteiger partial charge on any atom is -0.336 e. The molecule has 2 aromatic carbocycles. The Hall–Kier alpha value is -2.70. The van der Waals surface area contributed by atoms with E-state index in [9.17, 15) is 4.79 Å². The van der Waals surface area contributed by atoms with Crippen molar-refractivity contribution in [3.8, 4) is 11.1 Å². The van der Waals surface area contributed by atoms with E-state index in [1.165, 1.54) is 0 Å². The van der Waals surface area contributed by atoms with Gasteiger partial charge in [0.05, 0.1) is 11.7 Å². The smallest absolute Gasteiger partial charge is 0.276 e. The van der Waals surface area contributed by atoms with Gasteiger partial charge in [-0.05, 0) is 49.5 Å². The average Bonchev–Trinajstić information content (AvgIpc) is 3.16. The molecule has 0 unspecified atom stereocenters. The van der Waals surface area contributed by atoms with Crippen molar-refractivity contribution < 1.29 is 4.79 Å². The number of hydrogen-bond donors (Lipinski definition) is 1. The molecule has 1 aliphatic heterocycles. The Morgan fingerprint density at radius 2 is 1.77 bits per heavy atom. The van der Waals surface area contributed by atoms with E-state index >= 15 is 0 Å². The number of nitrogens with one attached hydrogen (secondary N) is 1. The average molecular weight is 426 g/mol. The number of carbonyl (C=O) groups is 1. The monoisotopic (exact) mass is 425 g/mol. The van der Waals surface area contributed by atoms with E-state index in [2.05, 4.69) is 39.9 Å². The van der Waals surface area contributed by atoms with E-state index in [1.54, 1.807) is 4.90 Å². The number of piperidine rings is 1. The lowest BCUT2D eigenvalue weighted by atomic mass is 9.99. The molecule has 1 amide bonds. The molecule has 0 radical (unpaired) electrons. The summed E-state index contributed by atoms with van der Waals surface area (Å²) in [5.41, 5.74) is 4.70. The maximum absolute atomic E-state index is 13.1. The summed E-state index contributed by atoms with van der Waals surface area (Å²) in [5.74, 6) is -0.0921. The molecule has 0 spiro atoms. The molecule has 3 aromatic rings. The number of aromatic nitrogens is 3. The summed E-state index contributed by atoms with van der Waals surface area (Å²) in [6.45, 7) is 4.41. The molecule has 2 heterocycles. The van der Waals surface area contributed by atoms with Crippen LogP contribution in [0.4, 0.5) is 0 Å². The van der Waals surface area contributed by atoms with Gasteiger partial charge in [-0.2, -0.15) is 0 Å². The van der Waals surface area contributed by atoms with Gasteiger partial charge in [0.1, 0.15) is 0 Å². The molecule has 4 rings (SSSR count). The van der Waals surface area contributed by atoms with E-state index in [0.717, 1.165) is 48.3 Å². The van der Waals surface area contributed by atoms with Crippen LogP contribution in [0.25, 0.3) is 11.1 Å². The van der Waals surface area contributed by atoms with Gasteiger partial charge < -0.3 is 10.2 Å². The van der Waals surface area contributed by atoms with Crippen LogP contribution in [0.1, 0.15) is 40.6 Å². The lowest BCUT2D eigenvalue weighted by Crippen LogP contribution is -2.30.